The number of amides is 1. The Morgan fingerprint density at radius 3 is 2.04 bits per heavy atom. The number of anilines is 1. The van der Waals surface area contributed by atoms with Crippen LogP contribution in [0.25, 0.3) is 0 Å². The van der Waals surface area contributed by atoms with Gasteiger partial charge in [0, 0.05) is 11.6 Å². The van der Waals surface area contributed by atoms with Crippen LogP contribution in [0, 0.1) is 0 Å². The summed E-state index contributed by atoms with van der Waals surface area (Å²) < 4.78 is 6.15. The fourth-order valence-electron chi connectivity index (χ4n) is 4.22. The largest absolute Gasteiger partial charge is 0.478 e. The molecule has 1 saturated carbocycles. The standard InChI is InChI=1S/C23H19NO2/c25-22-21(26-19-14-8-3-9-15-19)23(24(22)18-12-6-2-7-13-18)16-20(23)17-10-4-1-5-11-17/h1-15,20-21H,16H2/t20-,21-,23+/m1/s1. The van der Waals surface area contributed by atoms with Crippen molar-refractivity contribution in [2.45, 2.75) is 24.0 Å². The van der Waals surface area contributed by atoms with Crippen LogP contribution in [-0.4, -0.2) is 17.6 Å². The summed E-state index contributed by atoms with van der Waals surface area (Å²) in [5.74, 6) is 1.09. The van der Waals surface area contributed by atoms with Crippen molar-refractivity contribution < 1.29 is 9.53 Å². The molecule has 1 heterocycles. The van der Waals surface area contributed by atoms with E-state index in [-0.39, 0.29) is 11.4 Å². The average Bonchev–Trinajstić information content (AvgIpc) is 3.46. The summed E-state index contributed by atoms with van der Waals surface area (Å²) in [5, 5.41) is 0. The molecule has 1 amide bonds. The number of hydrogen-bond donors (Lipinski definition) is 0. The minimum Gasteiger partial charge on any atom is -0.478 e. The Morgan fingerprint density at radius 1 is 0.808 bits per heavy atom. The van der Waals surface area contributed by atoms with Gasteiger partial charge < -0.3 is 4.74 Å². The zero-order valence-corrected chi connectivity index (χ0v) is 14.3. The van der Waals surface area contributed by atoms with E-state index in [9.17, 15) is 4.79 Å². The van der Waals surface area contributed by atoms with Crippen molar-refractivity contribution in [1.82, 2.24) is 0 Å². The van der Waals surface area contributed by atoms with Gasteiger partial charge in [-0.05, 0) is 36.2 Å². The van der Waals surface area contributed by atoms with Crippen LogP contribution >= 0.6 is 0 Å². The molecule has 26 heavy (non-hydrogen) atoms. The van der Waals surface area contributed by atoms with Crippen molar-refractivity contribution in [3.8, 4) is 5.75 Å². The highest BCUT2D eigenvalue weighted by molar-refractivity contribution is 6.09. The molecule has 2 fully saturated rings. The van der Waals surface area contributed by atoms with Gasteiger partial charge in [-0.1, -0.05) is 66.7 Å². The number of β-lactam (4-membered cyclic amide) rings is 1. The molecule has 0 N–H and O–H groups in total. The van der Waals surface area contributed by atoms with Crippen LogP contribution in [0.3, 0.4) is 0 Å². The van der Waals surface area contributed by atoms with E-state index in [4.69, 9.17) is 4.74 Å². The molecule has 3 atom stereocenters. The van der Waals surface area contributed by atoms with Gasteiger partial charge >= 0.3 is 0 Å². The van der Waals surface area contributed by atoms with Gasteiger partial charge in [-0.25, -0.2) is 0 Å². The Morgan fingerprint density at radius 2 is 1.38 bits per heavy atom. The van der Waals surface area contributed by atoms with E-state index >= 15 is 0 Å². The highest BCUT2D eigenvalue weighted by Crippen LogP contribution is 2.64. The first-order valence-electron chi connectivity index (χ1n) is 8.96. The minimum atomic E-state index is -0.435. The third-order valence-electron chi connectivity index (χ3n) is 5.50. The quantitative estimate of drug-likeness (QED) is 0.658. The Hall–Kier alpha value is -3.07. The van der Waals surface area contributed by atoms with Gasteiger partial charge in [0.05, 0.1) is 0 Å². The summed E-state index contributed by atoms with van der Waals surface area (Å²) in [6.07, 6.45) is 0.491. The van der Waals surface area contributed by atoms with E-state index in [1.165, 1.54) is 5.56 Å². The fraction of sp³-hybridized carbons (Fsp3) is 0.174. The lowest BCUT2D eigenvalue weighted by atomic mass is 9.89. The second-order valence-electron chi connectivity index (χ2n) is 6.98. The van der Waals surface area contributed by atoms with E-state index in [1.54, 1.807) is 0 Å². The average molecular weight is 341 g/mol. The molecule has 128 valence electrons. The first-order valence-corrected chi connectivity index (χ1v) is 8.96. The summed E-state index contributed by atoms with van der Waals surface area (Å²) in [5.41, 5.74) is 1.93. The van der Waals surface area contributed by atoms with Gasteiger partial charge in [0.25, 0.3) is 5.91 Å². The van der Waals surface area contributed by atoms with Crippen LogP contribution < -0.4 is 9.64 Å². The van der Waals surface area contributed by atoms with E-state index in [0.717, 1.165) is 17.9 Å². The second kappa shape index (κ2) is 5.73. The molecule has 3 nitrogen and oxygen atoms in total. The number of ether oxygens (including phenoxy) is 1. The van der Waals surface area contributed by atoms with Crippen LogP contribution in [0.2, 0.25) is 0 Å². The molecule has 1 saturated heterocycles. The zero-order chi connectivity index (χ0) is 17.6. The molecular weight excluding hydrogens is 322 g/mol. The Labute approximate surface area is 152 Å². The monoisotopic (exact) mass is 341 g/mol. The number of benzene rings is 3. The van der Waals surface area contributed by atoms with Gasteiger partial charge in [0.2, 0.25) is 6.10 Å². The van der Waals surface area contributed by atoms with Crippen LogP contribution in [-0.2, 0) is 4.79 Å². The third kappa shape index (κ3) is 2.17. The van der Waals surface area contributed by atoms with E-state index in [1.807, 2.05) is 71.6 Å². The van der Waals surface area contributed by atoms with Crippen LogP contribution in [0.1, 0.15) is 17.9 Å². The number of rotatable bonds is 4. The van der Waals surface area contributed by atoms with Crippen molar-refractivity contribution >= 4 is 11.6 Å². The van der Waals surface area contributed by atoms with Gasteiger partial charge in [-0.3, -0.25) is 9.69 Å². The van der Waals surface area contributed by atoms with Crippen molar-refractivity contribution in [2.24, 2.45) is 0 Å². The number of carbonyl (C=O) groups excluding carboxylic acids is 1. The Bertz CT molecular complexity index is 926. The minimum absolute atomic E-state index is 0.0403. The van der Waals surface area contributed by atoms with E-state index < -0.39 is 6.10 Å². The lowest BCUT2D eigenvalue weighted by Crippen LogP contribution is -2.70. The number of para-hydroxylation sites is 2. The van der Waals surface area contributed by atoms with Gasteiger partial charge in [0.1, 0.15) is 11.3 Å². The maximum atomic E-state index is 13.0. The summed E-state index contributed by atoms with van der Waals surface area (Å²) in [6, 6.07) is 30.0. The highest BCUT2D eigenvalue weighted by atomic mass is 16.5. The highest BCUT2D eigenvalue weighted by Gasteiger charge is 2.76. The van der Waals surface area contributed by atoms with E-state index in [2.05, 4.69) is 24.3 Å². The summed E-state index contributed by atoms with van der Waals surface area (Å²) in [4.78, 5) is 14.9. The van der Waals surface area contributed by atoms with Crippen LogP contribution in [0.15, 0.2) is 91.0 Å². The molecule has 5 rings (SSSR count). The zero-order valence-electron chi connectivity index (χ0n) is 14.3. The van der Waals surface area contributed by atoms with Gasteiger partial charge in [-0.2, -0.15) is 0 Å². The predicted octanol–water partition coefficient (Wildman–Crippen LogP) is 4.41. The Kier molecular flexibility index (Phi) is 3.35. The van der Waals surface area contributed by atoms with E-state index in [0.29, 0.717) is 5.92 Å². The molecule has 0 unspecified atom stereocenters. The molecule has 1 spiro atoms. The third-order valence-corrected chi connectivity index (χ3v) is 5.50. The maximum absolute atomic E-state index is 13.0. The first-order chi connectivity index (χ1) is 12.8. The smallest absolute Gasteiger partial charge is 0.271 e. The molecule has 3 aromatic carbocycles. The second-order valence-corrected chi connectivity index (χ2v) is 6.98. The van der Waals surface area contributed by atoms with Crippen LogP contribution in [0.4, 0.5) is 5.69 Å². The molecule has 0 aromatic heterocycles. The molecule has 1 aliphatic heterocycles. The lowest BCUT2D eigenvalue weighted by molar-refractivity contribution is -0.136. The fourth-order valence-corrected chi connectivity index (χ4v) is 4.22. The summed E-state index contributed by atoms with van der Waals surface area (Å²) >= 11 is 0. The predicted molar refractivity (Wildman–Crippen MR) is 101 cm³/mol. The lowest BCUT2D eigenvalue weighted by Gasteiger charge is -2.48. The molecule has 3 heteroatoms. The van der Waals surface area contributed by atoms with Gasteiger partial charge in [-0.15, -0.1) is 0 Å². The maximum Gasteiger partial charge on any atom is 0.271 e. The van der Waals surface area contributed by atoms with Gasteiger partial charge in [0.15, 0.2) is 0 Å². The van der Waals surface area contributed by atoms with Crippen molar-refractivity contribution in [1.29, 1.82) is 0 Å². The van der Waals surface area contributed by atoms with Crippen molar-refractivity contribution in [3.63, 3.8) is 0 Å². The number of hydrogen-bond acceptors (Lipinski definition) is 2. The molecular formula is C23H19NO2. The van der Waals surface area contributed by atoms with Crippen molar-refractivity contribution in [3.05, 3.63) is 96.6 Å². The van der Waals surface area contributed by atoms with Crippen LogP contribution in [0.5, 0.6) is 5.75 Å². The van der Waals surface area contributed by atoms with Crippen molar-refractivity contribution in [2.75, 3.05) is 4.90 Å². The molecule has 3 aromatic rings. The summed E-state index contributed by atoms with van der Waals surface area (Å²) in [6.45, 7) is 0. The first kappa shape index (κ1) is 15.2. The molecule has 0 bridgehead atoms. The topological polar surface area (TPSA) is 29.5 Å². The number of nitrogens with zero attached hydrogens (tertiary/aromatic N) is 1. The Balaban J connectivity index is 1.51. The summed E-state index contributed by atoms with van der Waals surface area (Å²) in [7, 11) is 0. The molecule has 1 aliphatic carbocycles. The number of carbonyl (C=O) groups is 1. The molecule has 2 aliphatic rings. The normalized spacial score (nSPS) is 26.5. The molecule has 0 radical (unpaired) electrons. The SMILES string of the molecule is O=C1[C@@H](Oc2ccccc2)[C@@]2(C[C@@H]2c2ccccc2)N1c1ccccc1.